The van der Waals surface area contributed by atoms with Crippen molar-refractivity contribution in [3.8, 4) is 5.75 Å². The maximum Gasteiger partial charge on any atom is 0.257 e. The highest BCUT2D eigenvalue weighted by Gasteiger charge is 2.27. The molecule has 30 heavy (non-hydrogen) atoms. The van der Waals surface area contributed by atoms with E-state index in [1.54, 1.807) is 18.2 Å². The van der Waals surface area contributed by atoms with Crippen molar-refractivity contribution in [3.05, 3.63) is 47.0 Å². The Morgan fingerprint density at radius 1 is 1.23 bits per heavy atom. The first kappa shape index (κ1) is 22.9. The number of benzene rings is 2. The van der Waals surface area contributed by atoms with Crippen LogP contribution in [0.1, 0.15) is 17.3 Å². The SMILES string of the molecule is CCOc1ccc(S(=O)(=O)N2CCOCC2)cc1NC(=O)c1cc(SC)ccc1Cl. The smallest absolute Gasteiger partial charge is 0.257 e. The molecule has 2 aromatic rings. The number of carbonyl (C=O) groups is 1. The number of thioether (sulfide) groups is 1. The predicted octanol–water partition coefficient (Wildman–Crippen LogP) is 3.73. The molecule has 162 valence electrons. The molecule has 10 heteroatoms. The molecule has 7 nitrogen and oxygen atoms in total. The van der Waals surface area contributed by atoms with E-state index in [9.17, 15) is 13.2 Å². The minimum atomic E-state index is -3.72. The second kappa shape index (κ2) is 10.0. The number of ether oxygens (including phenoxy) is 2. The van der Waals surface area contributed by atoms with Crippen molar-refractivity contribution in [2.45, 2.75) is 16.7 Å². The molecule has 0 unspecified atom stereocenters. The Morgan fingerprint density at radius 3 is 2.63 bits per heavy atom. The number of anilines is 1. The lowest BCUT2D eigenvalue weighted by Gasteiger charge is -2.26. The fraction of sp³-hybridized carbons (Fsp3) is 0.350. The summed E-state index contributed by atoms with van der Waals surface area (Å²) in [6.07, 6.45) is 1.90. The zero-order valence-corrected chi connectivity index (χ0v) is 19.1. The lowest BCUT2D eigenvalue weighted by molar-refractivity contribution is 0.0730. The van der Waals surface area contributed by atoms with Crippen LogP contribution in [0.25, 0.3) is 0 Å². The highest BCUT2D eigenvalue weighted by atomic mass is 35.5. The molecule has 1 amide bonds. The highest BCUT2D eigenvalue weighted by Crippen LogP contribution is 2.31. The van der Waals surface area contributed by atoms with Crippen molar-refractivity contribution in [3.63, 3.8) is 0 Å². The summed E-state index contributed by atoms with van der Waals surface area (Å²) in [5.41, 5.74) is 0.564. The number of morpholine rings is 1. The van der Waals surface area contributed by atoms with Crippen LogP contribution in [0.5, 0.6) is 5.75 Å². The topological polar surface area (TPSA) is 84.9 Å². The van der Waals surface area contributed by atoms with Crippen molar-refractivity contribution in [1.29, 1.82) is 0 Å². The van der Waals surface area contributed by atoms with Crippen molar-refractivity contribution in [1.82, 2.24) is 4.31 Å². The number of amides is 1. The molecule has 1 aliphatic rings. The Morgan fingerprint density at radius 2 is 1.97 bits per heavy atom. The fourth-order valence-electron chi connectivity index (χ4n) is 2.98. The zero-order valence-electron chi connectivity index (χ0n) is 16.7. The normalized spacial score (nSPS) is 15.0. The maximum absolute atomic E-state index is 13.0. The second-order valence-electron chi connectivity index (χ2n) is 6.41. The van der Waals surface area contributed by atoms with E-state index in [1.807, 2.05) is 19.2 Å². The third kappa shape index (κ3) is 5.09. The molecule has 1 fully saturated rings. The van der Waals surface area contributed by atoms with Crippen LogP contribution < -0.4 is 10.1 Å². The van der Waals surface area contributed by atoms with Gasteiger partial charge < -0.3 is 14.8 Å². The van der Waals surface area contributed by atoms with Gasteiger partial charge >= 0.3 is 0 Å². The van der Waals surface area contributed by atoms with Gasteiger partial charge in [0.05, 0.1) is 41.0 Å². The summed E-state index contributed by atoms with van der Waals surface area (Å²) >= 11 is 7.69. The molecular formula is C20H23ClN2O5S2. The number of hydrogen-bond acceptors (Lipinski definition) is 6. The van der Waals surface area contributed by atoms with E-state index in [0.717, 1.165) is 4.90 Å². The third-order valence-corrected chi connectivity index (χ3v) is 7.47. The van der Waals surface area contributed by atoms with E-state index in [1.165, 1.54) is 28.2 Å². The van der Waals surface area contributed by atoms with Crippen LogP contribution in [0, 0.1) is 0 Å². The third-order valence-electron chi connectivity index (χ3n) is 4.53. The van der Waals surface area contributed by atoms with Crippen molar-refractivity contribution < 1.29 is 22.7 Å². The van der Waals surface area contributed by atoms with Gasteiger partial charge in [0.2, 0.25) is 10.0 Å². The summed E-state index contributed by atoms with van der Waals surface area (Å²) in [4.78, 5) is 13.8. The fourth-order valence-corrected chi connectivity index (χ4v) is 5.06. The number of nitrogens with zero attached hydrogens (tertiary/aromatic N) is 1. The van der Waals surface area contributed by atoms with Gasteiger partial charge in [0.15, 0.2) is 0 Å². The molecule has 0 atom stereocenters. The molecule has 0 aromatic heterocycles. The van der Waals surface area contributed by atoms with Crippen LogP contribution in [-0.4, -0.2) is 57.8 Å². The molecule has 0 bridgehead atoms. The zero-order chi connectivity index (χ0) is 21.7. The summed E-state index contributed by atoms with van der Waals surface area (Å²) < 4.78 is 38.2. The summed E-state index contributed by atoms with van der Waals surface area (Å²) in [6, 6.07) is 9.62. The van der Waals surface area contributed by atoms with Crippen LogP contribution in [0.15, 0.2) is 46.2 Å². The van der Waals surface area contributed by atoms with Gasteiger partial charge in [-0.2, -0.15) is 4.31 Å². The van der Waals surface area contributed by atoms with Gasteiger partial charge in [-0.3, -0.25) is 4.79 Å². The molecule has 0 radical (unpaired) electrons. The van der Waals surface area contributed by atoms with Crippen LogP contribution in [0.2, 0.25) is 5.02 Å². The van der Waals surface area contributed by atoms with Crippen molar-refractivity contribution in [2.75, 3.05) is 44.5 Å². The van der Waals surface area contributed by atoms with E-state index < -0.39 is 15.9 Å². The first-order valence-corrected chi connectivity index (χ1v) is 12.4. The summed E-state index contributed by atoms with van der Waals surface area (Å²) in [5.74, 6) is -0.0679. The molecule has 3 rings (SSSR count). The van der Waals surface area contributed by atoms with Gasteiger partial charge in [0, 0.05) is 18.0 Å². The van der Waals surface area contributed by atoms with Crippen LogP contribution in [-0.2, 0) is 14.8 Å². The minimum absolute atomic E-state index is 0.0760. The average molecular weight is 471 g/mol. The Labute approximate surface area is 185 Å². The Balaban J connectivity index is 1.94. The van der Waals surface area contributed by atoms with Gasteiger partial charge in [-0.25, -0.2) is 8.42 Å². The van der Waals surface area contributed by atoms with E-state index in [2.05, 4.69) is 5.32 Å². The van der Waals surface area contributed by atoms with Crippen molar-refractivity contribution in [2.24, 2.45) is 0 Å². The monoisotopic (exact) mass is 470 g/mol. The second-order valence-corrected chi connectivity index (χ2v) is 9.63. The maximum atomic E-state index is 13.0. The Bertz CT molecular complexity index is 1020. The van der Waals surface area contributed by atoms with Gasteiger partial charge in [0.25, 0.3) is 5.91 Å². The van der Waals surface area contributed by atoms with E-state index in [0.29, 0.717) is 36.2 Å². The molecule has 1 aliphatic heterocycles. The predicted molar refractivity (Wildman–Crippen MR) is 118 cm³/mol. The van der Waals surface area contributed by atoms with E-state index in [4.69, 9.17) is 21.1 Å². The number of hydrogen-bond donors (Lipinski definition) is 1. The number of nitrogens with one attached hydrogen (secondary N) is 1. The summed E-state index contributed by atoms with van der Waals surface area (Å²) in [5, 5.41) is 3.06. The van der Waals surface area contributed by atoms with Gasteiger partial charge in [-0.05, 0) is 49.6 Å². The standard InChI is InChI=1S/C20H23ClN2O5S2/c1-3-28-19-7-5-15(30(25,26)23-8-10-27-11-9-23)13-18(19)22-20(24)16-12-14(29-2)4-6-17(16)21/h4-7,12-13H,3,8-11H2,1-2H3,(H,22,24). The summed E-state index contributed by atoms with van der Waals surface area (Å²) in [6.45, 7) is 3.45. The van der Waals surface area contributed by atoms with Crippen LogP contribution in [0.4, 0.5) is 5.69 Å². The molecule has 0 spiro atoms. The summed E-state index contributed by atoms with van der Waals surface area (Å²) in [7, 11) is -3.72. The van der Waals surface area contributed by atoms with E-state index >= 15 is 0 Å². The number of rotatable bonds is 7. The lowest BCUT2D eigenvalue weighted by atomic mass is 10.2. The van der Waals surface area contributed by atoms with Crippen LogP contribution >= 0.6 is 23.4 Å². The molecule has 0 aliphatic carbocycles. The number of sulfonamides is 1. The Kier molecular flexibility index (Phi) is 7.65. The first-order valence-electron chi connectivity index (χ1n) is 9.36. The lowest BCUT2D eigenvalue weighted by Crippen LogP contribution is -2.40. The minimum Gasteiger partial charge on any atom is -0.492 e. The first-order chi connectivity index (χ1) is 14.4. The quantitative estimate of drug-likeness (QED) is 0.620. The van der Waals surface area contributed by atoms with Gasteiger partial charge in [-0.15, -0.1) is 11.8 Å². The molecular weight excluding hydrogens is 448 g/mol. The largest absolute Gasteiger partial charge is 0.492 e. The molecule has 0 saturated carbocycles. The van der Waals surface area contributed by atoms with Crippen LogP contribution in [0.3, 0.4) is 0 Å². The van der Waals surface area contributed by atoms with Gasteiger partial charge in [0.1, 0.15) is 5.75 Å². The molecule has 2 aromatic carbocycles. The van der Waals surface area contributed by atoms with Gasteiger partial charge in [-0.1, -0.05) is 11.6 Å². The van der Waals surface area contributed by atoms with E-state index in [-0.39, 0.29) is 23.7 Å². The average Bonchev–Trinajstić information content (AvgIpc) is 2.76. The molecule has 1 saturated heterocycles. The number of carbonyl (C=O) groups excluding carboxylic acids is 1. The molecule has 1 heterocycles. The Hall–Kier alpha value is -1.78. The van der Waals surface area contributed by atoms with Crippen molar-refractivity contribution >= 4 is 45.0 Å². The highest BCUT2D eigenvalue weighted by molar-refractivity contribution is 7.98. The number of halogens is 1. The molecule has 1 N–H and O–H groups in total.